The molecule has 3 N–H and O–H groups in total. The zero-order valence-corrected chi connectivity index (χ0v) is 12.4. The Kier molecular flexibility index (Phi) is 5.13. The number of hydroxylamine groups is 1. The van der Waals surface area contributed by atoms with Gasteiger partial charge in [-0.15, -0.1) is 0 Å². The van der Waals surface area contributed by atoms with Crippen LogP contribution in [0.3, 0.4) is 0 Å². The first-order valence-corrected chi connectivity index (χ1v) is 6.91. The number of hydrogen-bond acceptors (Lipinski definition) is 4. The Balaban J connectivity index is 2.05. The van der Waals surface area contributed by atoms with Crippen LogP contribution in [0.15, 0.2) is 30.6 Å². The van der Waals surface area contributed by atoms with Crippen molar-refractivity contribution >= 4 is 18.1 Å². The van der Waals surface area contributed by atoms with Crippen LogP contribution in [-0.4, -0.2) is 27.8 Å². The van der Waals surface area contributed by atoms with E-state index in [2.05, 4.69) is 4.98 Å². The minimum absolute atomic E-state index is 0.316. The molecule has 0 fully saturated rings. The van der Waals surface area contributed by atoms with Gasteiger partial charge in [0, 0.05) is 18.9 Å². The number of aromatic nitrogens is 2. The fraction of sp³-hybridized carbons (Fsp3) is 0.286. The molecule has 0 bridgehead atoms. The molecule has 6 nitrogen and oxygen atoms in total. The van der Waals surface area contributed by atoms with Gasteiger partial charge in [-0.25, -0.2) is 5.48 Å². The van der Waals surface area contributed by atoms with E-state index in [1.165, 1.54) is 7.11 Å². The number of imidazole rings is 1. The van der Waals surface area contributed by atoms with Gasteiger partial charge in [-0.2, -0.15) is 0 Å². The van der Waals surface area contributed by atoms with Crippen molar-refractivity contribution in [3.8, 4) is 5.75 Å². The van der Waals surface area contributed by atoms with Crippen molar-refractivity contribution in [2.24, 2.45) is 0 Å². The smallest absolute Gasteiger partial charge is 0.278 e. The molecular formula is C14H17N3O3S. The van der Waals surface area contributed by atoms with Gasteiger partial charge in [-0.1, -0.05) is 6.07 Å². The number of benzene rings is 1. The molecule has 2 aromatic rings. The van der Waals surface area contributed by atoms with Gasteiger partial charge < -0.3 is 14.3 Å². The lowest BCUT2D eigenvalue weighted by atomic mass is 10.0. The third kappa shape index (κ3) is 3.71. The van der Waals surface area contributed by atoms with Crippen molar-refractivity contribution in [3.05, 3.63) is 46.5 Å². The van der Waals surface area contributed by atoms with Gasteiger partial charge >= 0.3 is 0 Å². The number of aromatic amines is 1. The van der Waals surface area contributed by atoms with Crippen molar-refractivity contribution in [2.45, 2.75) is 19.4 Å². The van der Waals surface area contributed by atoms with Crippen LogP contribution in [0.4, 0.5) is 0 Å². The van der Waals surface area contributed by atoms with Gasteiger partial charge in [0.25, 0.3) is 5.91 Å². The fourth-order valence-corrected chi connectivity index (χ4v) is 2.35. The fourth-order valence-electron chi connectivity index (χ4n) is 2.13. The van der Waals surface area contributed by atoms with E-state index >= 15 is 0 Å². The molecular weight excluding hydrogens is 290 g/mol. The van der Waals surface area contributed by atoms with Crippen molar-refractivity contribution in [3.63, 3.8) is 0 Å². The molecule has 0 saturated heterocycles. The molecule has 7 heteroatoms. The van der Waals surface area contributed by atoms with Gasteiger partial charge in [-0.05, 0) is 42.8 Å². The first kappa shape index (κ1) is 15.3. The number of nitrogens with one attached hydrogen (secondary N) is 2. The van der Waals surface area contributed by atoms with E-state index in [4.69, 9.17) is 22.2 Å². The summed E-state index contributed by atoms with van der Waals surface area (Å²) in [6.07, 6.45) is 5.39. The van der Waals surface area contributed by atoms with Crippen molar-refractivity contribution in [1.29, 1.82) is 0 Å². The highest BCUT2D eigenvalue weighted by Gasteiger charge is 2.12. The predicted octanol–water partition coefficient (Wildman–Crippen LogP) is 2.31. The lowest BCUT2D eigenvalue weighted by Crippen LogP contribution is -2.19. The second kappa shape index (κ2) is 7.05. The molecule has 2 rings (SSSR count). The van der Waals surface area contributed by atoms with Crippen LogP contribution in [0.1, 0.15) is 22.3 Å². The minimum Gasteiger partial charge on any atom is -0.496 e. The maximum Gasteiger partial charge on any atom is 0.278 e. The molecule has 21 heavy (non-hydrogen) atoms. The predicted molar refractivity (Wildman–Crippen MR) is 80.2 cm³/mol. The number of rotatable bonds is 6. The van der Waals surface area contributed by atoms with Crippen molar-refractivity contribution in [1.82, 2.24) is 15.0 Å². The van der Waals surface area contributed by atoms with Crippen LogP contribution in [0.2, 0.25) is 0 Å². The summed E-state index contributed by atoms with van der Waals surface area (Å²) in [6, 6.07) is 5.35. The number of hydrogen-bond donors (Lipinski definition) is 3. The Morgan fingerprint density at radius 1 is 1.52 bits per heavy atom. The SMILES string of the molecule is COc1ccc(CCCn2cc[nH]c2=S)cc1C(=O)NO. The zero-order chi connectivity index (χ0) is 15.2. The quantitative estimate of drug-likeness (QED) is 0.435. The summed E-state index contributed by atoms with van der Waals surface area (Å²) >= 11 is 5.13. The molecule has 1 aromatic heterocycles. The van der Waals surface area contributed by atoms with Crippen LogP contribution in [0, 0.1) is 4.77 Å². The number of nitrogens with zero attached hydrogens (tertiary/aromatic N) is 1. The summed E-state index contributed by atoms with van der Waals surface area (Å²) in [5.74, 6) is -0.153. The molecule has 0 saturated carbocycles. The zero-order valence-electron chi connectivity index (χ0n) is 11.6. The first-order chi connectivity index (χ1) is 10.2. The van der Waals surface area contributed by atoms with E-state index < -0.39 is 5.91 Å². The topological polar surface area (TPSA) is 79.3 Å². The van der Waals surface area contributed by atoms with Crippen LogP contribution < -0.4 is 10.2 Å². The van der Waals surface area contributed by atoms with Gasteiger partial charge in [-0.3, -0.25) is 10.0 Å². The number of aryl methyl sites for hydroxylation is 2. The molecule has 1 amide bonds. The molecule has 0 radical (unpaired) electrons. The Bertz CT molecular complexity index is 678. The molecule has 0 spiro atoms. The Hall–Kier alpha value is -2.12. The molecule has 1 aromatic carbocycles. The second-order valence-electron chi connectivity index (χ2n) is 4.54. The molecule has 0 aliphatic carbocycles. The third-order valence-corrected chi connectivity index (χ3v) is 3.55. The van der Waals surface area contributed by atoms with Crippen LogP contribution >= 0.6 is 12.2 Å². The molecule has 1 heterocycles. The monoisotopic (exact) mass is 307 g/mol. The van der Waals surface area contributed by atoms with E-state index in [9.17, 15) is 4.79 Å². The average molecular weight is 307 g/mol. The Morgan fingerprint density at radius 2 is 2.33 bits per heavy atom. The van der Waals surface area contributed by atoms with Gasteiger partial charge in [0.2, 0.25) is 0 Å². The first-order valence-electron chi connectivity index (χ1n) is 6.51. The molecule has 0 aliphatic rings. The number of carbonyl (C=O) groups excluding carboxylic acids is 1. The van der Waals surface area contributed by atoms with E-state index in [0.29, 0.717) is 16.1 Å². The van der Waals surface area contributed by atoms with Crippen molar-refractivity contribution in [2.75, 3.05) is 7.11 Å². The highest BCUT2D eigenvalue weighted by molar-refractivity contribution is 7.71. The van der Waals surface area contributed by atoms with Gasteiger partial charge in [0.05, 0.1) is 12.7 Å². The summed E-state index contributed by atoms with van der Waals surface area (Å²) in [4.78, 5) is 14.5. The summed E-state index contributed by atoms with van der Waals surface area (Å²) in [6.45, 7) is 0.801. The molecule has 0 aliphatic heterocycles. The Labute approximate surface area is 127 Å². The summed E-state index contributed by atoms with van der Waals surface area (Å²) < 4.78 is 7.77. The van der Waals surface area contributed by atoms with Crippen molar-refractivity contribution < 1.29 is 14.7 Å². The highest BCUT2D eigenvalue weighted by Crippen LogP contribution is 2.20. The normalized spacial score (nSPS) is 10.4. The average Bonchev–Trinajstić information content (AvgIpc) is 2.91. The number of methoxy groups -OCH3 is 1. The number of H-pyrrole nitrogens is 1. The molecule has 0 unspecified atom stereocenters. The Morgan fingerprint density at radius 3 is 2.95 bits per heavy atom. The lowest BCUT2D eigenvalue weighted by molar-refractivity contribution is 0.0703. The van der Waals surface area contributed by atoms with E-state index in [1.54, 1.807) is 23.8 Å². The highest BCUT2D eigenvalue weighted by atomic mass is 32.1. The number of ether oxygens (including phenoxy) is 1. The summed E-state index contributed by atoms with van der Waals surface area (Å²) in [5, 5.41) is 8.76. The van der Waals surface area contributed by atoms with E-state index in [1.807, 2.05) is 16.8 Å². The van der Waals surface area contributed by atoms with Crippen LogP contribution in [-0.2, 0) is 13.0 Å². The number of amides is 1. The maximum atomic E-state index is 11.6. The standard InChI is InChI=1S/C14H17N3O3S/c1-20-12-5-4-10(9-11(12)13(18)16-19)3-2-7-17-8-6-15-14(17)21/h4-6,8-9,19H,2-3,7H2,1H3,(H,15,21)(H,16,18). The van der Waals surface area contributed by atoms with Crippen LogP contribution in [0.5, 0.6) is 5.75 Å². The van der Waals surface area contributed by atoms with Gasteiger partial charge in [0.1, 0.15) is 5.75 Å². The number of carbonyl (C=O) groups is 1. The van der Waals surface area contributed by atoms with E-state index in [0.717, 1.165) is 24.9 Å². The lowest BCUT2D eigenvalue weighted by Gasteiger charge is -2.09. The summed E-state index contributed by atoms with van der Waals surface area (Å²) in [7, 11) is 1.48. The van der Waals surface area contributed by atoms with Crippen LogP contribution in [0.25, 0.3) is 0 Å². The second-order valence-corrected chi connectivity index (χ2v) is 4.92. The minimum atomic E-state index is -0.582. The molecule has 112 valence electrons. The van der Waals surface area contributed by atoms with E-state index in [-0.39, 0.29) is 0 Å². The summed E-state index contributed by atoms with van der Waals surface area (Å²) in [5.41, 5.74) is 2.94. The maximum absolute atomic E-state index is 11.6. The van der Waals surface area contributed by atoms with Gasteiger partial charge in [0.15, 0.2) is 4.77 Å². The molecule has 0 atom stereocenters. The largest absolute Gasteiger partial charge is 0.496 e. The third-order valence-electron chi connectivity index (χ3n) is 3.20.